The van der Waals surface area contributed by atoms with Crippen LogP contribution in [-0.2, 0) is 16.6 Å². The van der Waals surface area contributed by atoms with E-state index in [9.17, 15) is 8.42 Å². The van der Waals surface area contributed by atoms with Crippen LogP contribution < -0.4 is 10.6 Å². The van der Waals surface area contributed by atoms with E-state index in [0.29, 0.717) is 32.1 Å². The topological polar surface area (TPSA) is 78.7 Å². The summed E-state index contributed by atoms with van der Waals surface area (Å²) >= 11 is 1.81. The molecule has 1 aromatic carbocycles. The first-order chi connectivity index (χ1) is 14.1. The summed E-state index contributed by atoms with van der Waals surface area (Å²) in [6.07, 6.45) is 3.03. The maximum Gasteiger partial charge on any atom is 0.215 e. The molecule has 1 aromatic heterocycles. The van der Waals surface area contributed by atoms with Gasteiger partial charge in [0, 0.05) is 62.5 Å². The number of fused-ring (bicyclic) bond motifs is 1. The minimum atomic E-state index is -3.20. The normalized spacial score (nSPS) is 15.7. The van der Waals surface area contributed by atoms with E-state index in [0.717, 1.165) is 31.0 Å². The molecule has 168 valence electrons. The Morgan fingerprint density at radius 3 is 2.70 bits per heavy atom. The molecule has 30 heavy (non-hydrogen) atoms. The van der Waals surface area contributed by atoms with Crippen molar-refractivity contribution in [2.24, 2.45) is 4.99 Å². The number of aliphatic imine (C=N–C) groups is 1. The Morgan fingerprint density at radius 1 is 1.17 bits per heavy atom. The van der Waals surface area contributed by atoms with Gasteiger partial charge in [0.15, 0.2) is 5.96 Å². The number of hydrogen-bond donors (Lipinski definition) is 2. The smallest absolute Gasteiger partial charge is 0.215 e. The van der Waals surface area contributed by atoms with Gasteiger partial charge in [0.1, 0.15) is 0 Å². The molecule has 1 saturated heterocycles. The van der Waals surface area contributed by atoms with Crippen molar-refractivity contribution in [2.75, 3.05) is 50.0 Å². The Kier molecular flexibility index (Phi) is 10.8. The quantitative estimate of drug-likeness (QED) is 0.212. The molecular formula is C20H32IN5O2S2. The van der Waals surface area contributed by atoms with Crippen LogP contribution in [0.1, 0.15) is 13.3 Å². The molecule has 0 bridgehead atoms. The fourth-order valence-electron chi connectivity index (χ4n) is 3.36. The highest BCUT2D eigenvalue weighted by Gasteiger charge is 2.23. The van der Waals surface area contributed by atoms with Crippen molar-refractivity contribution in [3.63, 3.8) is 0 Å². The molecule has 0 atom stereocenters. The predicted octanol–water partition coefficient (Wildman–Crippen LogP) is 2.58. The SMILES string of the molecule is CCNC(=NCCCn1ccc2ccccc21)NCCS(=O)(=O)N1CCSCC1.I. The van der Waals surface area contributed by atoms with Crippen LogP contribution in [0, 0.1) is 0 Å². The van der Waals surface area contributed by atoms with Crippen LogP contribution in [0.5, 0.6) is 0 Å². The molecule has 2 aromatic rings. The average Bonchev–Trinajstić information content (AvgIpc) is 3.15. The molecule has 3 rings (SSSR count). The number of rotatable bonds is 9. The molecule has 1 aliphatic heterocycles. The lowest BCUT2D eigenvalue weighted by molar-refractivity contribution is 0.443. The third kappa shape index (κ3) is 7.31. The molecule has 0 radical (unpaired) electrons. The minimum Gasteiger partial charge on any atom is -0.357 e. The second-order valence-electron chi connectivity index (χ2n) is 6.94. The number of para-hydroxylation sites is 1. The van der Waals surface area contributed by atoms with Crippen LogP contribution in [0.4, 0.5) is 0 Å². The molecule has 1 aliphatic rings. The number of aromatic nitrogens is 1. The number of nitrogens with one attached hydrogen (secondary N) is 2. The predicted molar refractivity (Wildman–Crippen MR) is 139 cm³/mol. The lowest BCUT2D eigenvalue weighted by Gasteiger charge is -2.25. The Balaban J connectivity index is 0.00000320. The minimum absolute atomic E-state index is 0. The number of benzene rings is 1. The van der Waals surface area contributed by atoms with Gasteiger partial charge in [-0.25, -0.2) is 12.7 Å². The lowest BCUT2D eigenvalue weighted by atomic mass is 10.2. The van der Waals surface area contributed by atoms with Crippen molar-refractivity contribution in [3.8, 4) is 0 Å². The molecule has 0 saturated carbocycles. The van der Waals surface area contributed by atoms with Gasteiger partial charge >= 0.3 is 0 Å². The zero-order valence-electron chi connectivity index (χ0n) is 17.4. The summed E-state index contributed by atoms with van der Waals surface area (Å²) < 4.78 is 28.7. The van der Waals surface area contributed by atoms with Gasteiger partial charge in [-0.05, 0) is 30.9 Å². The summed E-state index contributed by atoms with van der Waals surface area (Å²) in [4.78, 5) is 4.59. The highest BCUT2D eigenvalue weighted by atomic mass is 127. The Labute approximate surface area is 201 Å². The first-order valence-electron chi connectivity index (χ1n) is 10.2. The maximum absolute atomic E-state index is 12.4. The molecule has 0 amide bonds. The highest BCUT2D eigenvalue weighted by molar-refractivity contribution is 14.0. The number of hydrogen-bond acceptors (Lipinski definition) is 4. The zero-order valence-corrected chi connectivity index (χ0v) is 21.4. The van der Waals surface area contributed by atoms with Crippen molar-refractivity contribution in [1.29, 1.82) is 0 Å². The van der Waals surface area contributed by atoms with Crippen molar-refractivity contribution in [3.05, 3.63) is 36.5 Å². The van der Waals surface area contributed by atoms with Gasteiger partial charge in [-0.2, -0.15) is 11.8 Å². The third-order valence-electron chi connectivity index (χ3n) is 4.87. The van der Waals surface area contributed by atoms with Crippen LogP contribution in [-0.4, -0.2) is 73.2 Å². The van der Waals surface area contributed by atoms with Crippen molar-refractivity contribution >= 4 is 62.6 Å². The van der Waals surface area contributed by atoms with Gasteiger partial charge in [0.2, 0.25) is 10.0 Å². The number of aryl methyl sites for hydroxylation is 1. The van der Waals surface area contributed by atoms with E-state index in [1.54, 1.807) is 4.31 Å². The molecule has 0 unspecified atom stereocenters. The number of guanidine groups is 1. The fraction of sp³-hybridized carbons (Fsp3) is 0.550. The van der Waals surface area contributed by atoms with Crippen LogP contribution in [0.15, 0.2) is 41.5 Å². The zero-order chi connectivity index (χ0) is 20.5. The molecular weight excluding hydrogens is 533 g/mol. The molecule has 10 heteroatoms. The van der Waals surface area contributed by atoms with E-state index in [4.69, 9.17) is 0 Å². The second kappa shape index (κ2) is 12.8. The van der Waals surface area contributed by atoms with Crippen LogP contribution in [0.3, 0.4) is 0 Å². The van der Waals surface area contributed by atoms with Gasteiger partial charge in [-0.3, -0.25) is 4.99 Å². The summed E-state index contributed by atoms with van der Waals surface area (Å²) in [6, 6.07) is 10.5. The molecule has 1 fully saturated rings. The summed E-state index contributed by atoms with van der Waals surface area (Å²) in [5.41, 5.74) is 1.24. The monoisotopic (exact) mass is 565 g/mol. The summed E-state index contributed by atoms with van der Waals surface area (Å²) in [6.45, 7) is 5.93. The van der Waals surface area contributed by atoms with E-state index in [-0.39, 0.29) is 29.7 Å². The van der Waals surface area contributed by atoms with Gasteiger partial charge < -0.3 is 15.2 Å². The van der Waals surface area contributed by atoms with E-state index < -0.39 is 10.0 Å². The molecule has 0 aliphatic carbocycles. The Hall–Kier alpha value is -0.980. The number of halogens is 1. The van der Waals surface area contributed by atoms with Gasteiger partial charge in [0.05, 0.1) is 5.75 Å². The Morgan fingerprint density at radius 2 is 1.93 bits per heavy atom. The van der Waals surface area contributed by atoms with Crippen LogP contribution in [0.2, 0.25) is 0 Å². The van der Waals surface area contributed by atoms with Gasteiger partial charge in [0.25, 0.3) is 0 Å². The summed E-state index contributed by atoms with van der Waals surface area (Å²) in [7, 11) is -3.20. The number of thioether (sulfide) groups is 1. The van der Waals surface area contributed by atoms with Gasteiger partial charge in [-0.15, -0.1) is 24.0 Å². The summed E-state index contributed by atoms with van der Waals surface area (Å²) in [5.74, 6) is 2.53. The van der Waals surface area contributed by atoms with Crippen LogP contribution in [0.25, 0.3) is 10.9 Å². The molecule has 2 N–H and O–H groups in total. The Bertz CT molecular complexity index is 911. The molecule has 7 nitrogen and oxygen atoms in total. The first-order valence-corrected chi connectivity index (χ1v) is 13.0. The highest BCUT2D eigenvalue weighted by Crippen LogP contribution is 2.15. The summed E-state index contributed by atoms with van der Waals surface area (Å²) in [5, 5.41) is 7.60. The molecule has 2 heterocycles. The van der Waals surface area contributed by atoms with Crippen molar-refractivity contribution < 1.29 is 8.42 Å². The molecule has 0 spiro atoms. The van der Waals surface area contributed by atoms with Crippen LogP contribution >= 0.6 is 35.7 Å². The third-order valence-corrected chi connectivity index (χ3v) is 7.68. The van der Waals surface area contributed by atoms with E-state index in [2.05, 4.69) is 56.7 Å². The van der Waals surface area contributed by atoms with Crippen molar-refractivity contribution in [1.82, 2.24) is 19.5 Å². The van der Waals surface area contributed by atoms with E-state index >= 15 is 0 Å². The standard InChI is InChI=1S/C20H31N5O2S2.HI/c1-2-21-20(23-10-17-29(26,27)25-13-15-28-16-14-25)22-9-5-11-24-12-8-18-6-3-4-7-19(18)24;/h3-4,6-8,12H,2,5,9-11,13-17H2,1H3,(H2,21,22,23);1H. The maximum atomic E-state index is 12.4. The second-order valence-corrected chi connectivity index (χ2v) is 10.2. The van der Waals surface area contributed by atoms with E-state index in [1.165, 1.54) is 10.9 Å². The average molecular weight is 566 g/mol. The van der Waals surface area contributed by atoms with E-state index in [1.807, 2.05) is 18.7 Å². The van der Waals surface area contributed by atoms with Gasteiger partial charge in [-0.1, -0.05) is 18.2 Å². The largest absolute Gasteiger partial charge is 0.357 e. The lowest BCUT2D eigenvalue weighted by Crippen LogP contribution is -2.44. The number of nitrogens with zero attached hydrogens (tertiary/aromatic N) is 3. The van der Waals surface area contributed by atoms with Crippen molar-refractivity contribution in [2.45, 2.75) is 19.9 Å². The fourth-order valence-corrected chi connectivity index (χ4v) is 5.85. The number of sulfonamides is 1. The first kappa shape index (κ1) is 25.3.